The molecule has 0 saturated carbocycles. The molecule has 0 fully saturated rings. The summed E-state index contributed by atoms with van der Waals surface area (Å²) in [6.45, 7) is 0. The summed E-state index contributed by atoms with van der Waals surface area (Å²) in [6.07, 6.45) is 0. The Morgan fingerprint density at radius 3 is 1.65 bits per heavy atom. The van der Waals surface area contributed by atoms with E-state index in [0.717, 1.165) is 55.8 Å². The van der Waals surface area contributed by atoms with Crippen molar-refractivity contribution in [3.05, 3.63) is 206 Å². The minimum atomic E-state index is 0.901. The van der Waals surface area contributed by atoms with Crippen LogP contribution in [-0.4, -0.2) is 4.57 Å². The van der Waals surface area contributed by atoms with Crippen LogP contribution in [0.3, 0.4) is 0 Å². The summed E-state index contributed by atoms with van der Waals surface area (Å²) >= 11 is 0. The van der Waals surface area contributed by atoms with Crippen molar-refractivity contribution in [3.8, 4) is 27.9 Å². The summed E-state index contributed by atoms with van der Waals surface area (Å²) in [6, 6.07) is 74.0. The maximum Gasteiger partial charge on any atom is 0.136 e. The lowest BCUT2D eigenvalue weighted by molar-refractivity contribution is 0.669. The summed E-state index contributed by atoms with van der Waals surface area (Å²) in [4.78, 5) is 2.36. The highest BCUT2D eigenvalue weighted by molar-refractivity contribution is 6.09. The lowest BCUT2D eigenvalue weighted by Gasteiger charge is -2.26. The first kappa shape index (κ1) is 31.2. The Morgan fingerprint density at radius 1 is 0.345 bits per heavy atom. The van der Waals surface area contributed by atoms with Crippen molar-refractivity contribution in [1.29, 1.82) is 0 Å². The second kappa shape index (κ2) is 12.6. The van der Waals surface area contributed by atoms with Gasteiger partial charge in [-0.25, -0.2) is 0 Å². The van der Waals surface area contributed by atoms with E-state index in [1.54, 1.807) is 0 Å². The van der Waals surface area contributed by atoms with E-state index in [4.69, 9.17) is 4.42 Å². The topological polar surface area (TPSA) is 21.3 Å². The number of aromatic nitrogens is 1. The third-order valence-corrected chi connectivity index (χ3v) is 11.0. The predicted octanol–water partition coefficient (Wildman–Crippen LogP) is 14.6. The van der Waals surface area contributed by atoms with Crippen molar-refractivity contribution in [1.82, 2.24) is 4.57 Å². The van der Waals surface area contributed by atoms with E-state index in [-0.39, 0.29) is 0 Å². The average molecular weight is 703 g/mol. The van der Waals surface area contributed by atoms with Gasteiger partial charge >= 0.3 is 0 Å². The number of para-hydroxylation sites is 3. The first-order chi connectivity index (χ1) is 27.3. The molecule has 0 N–H and O–H groups in total. The smallest absolute Gasteiger partial charge is 0.136 e. The molecule has 55 heavy (non-hydrogen) atoms. The molecule has 3 nitrogen and oxygen atoms in total. The zero-order chi connectivity index (χ0) is 36.3. The van der Waals surface area contributed by atoms with Crippen molar-refractivity contribution in [2.45, 2.75) is 0 Å². The van der Waals surface area contributed by atoms with Gasteiger partial charge < -0.3 is 13.9 Å². The fourth-order valence-corrected chi connectivity index (χ4v) is 8.39. The van der Waals surface area contributed by atoms with E-state index in [1.807, 2.05) is 12.1 Å². The summed E-state index contributed by atoms with van der Waals surface area (Å²) in [5, 5.41) is 7.28. The van der Waals surface area contributed by atoms with Gasteiger partial charge in [-0.15, -0.1) is 0 Å². The molecular weight excluding hydrogens is 669 g/mol. The van der Waals surface area contributed by atoms with Crippen LogP contribution in [0.1, 0.15) is 0 Å². The maximum atomic E-state index is 6.24. The largest absolute Gasteiger partial charge is 0.456 e. The van der Waals surface area contributed by atoms with Crippen molar-refractivity contribution in [2.24, 2.45) is 0 Å². The van der Waals surface area contributed by atoms with Crippen LogP contribution in [0.25, 0.3) is 82.5 Å². The molecule has 0 amide bonds. The van der Waals surface area contributed by atoms with Gasteiger partial charge in [-0.05, 0) is 106 Å². The predicted molar refractivity (Wildman–Crippen MR) is 231 cm³/mol. The molecule has 11 aromatic rings. The number of rotatable bonds is 6. The van der Waals surface area contributed by atoms with Gasteiger partial charge in [-0.2, -0.15) is 0 Å². The first-order valence-electron chi connectivity index (χ1n) is 18.8. The number of hydrogen-bond acceptors (Lipinski definition) is 2. The quantitative estimate of drug-likeness (QED) is 0.172. The van der Waals surface area contributed by atoms with Crippen LogP contribution in [-0.2, 0) is 0 Å². The fourth-order valence-electron chi connectivity index (χ4n) is 8.39. The molecule has 0 aliphatic carbocycles. The molecule has 0 atom stereocenters. The van der Waals surface area contributed by atoms with Gasteiger partial charge in [0.05, 0.1) is 11.0 Å². The molecule has 2 aromatic heterocycles. The number of furan rings is 1. The maximum absolute atomic E-state index is 6.24. The third-order valence-electron chi connectivity index (χ3n) is 11.0. The third kappa shape index (κ3) is 5.20. The molecule has 3 heteroatoms. The Labute approximate surface area is 318 Å². The van der Waals surface area contributed by atoms with Gasteiger partial charge in [0.15, 0.2) is 0 Å². The monoisotopic (exact) mass is 702 g/mol. The van der Waals surface area contributed by atoms with Crippen LogP contribution in [0.15, 0.2) is 211 Å². The fraction of sp³-hybridized carbons (Fsp3) is 0. The van der Waals surface area contributed by atoms with Crippen molar-refractivity contribution in [2.75, 3.05) is 4.90 Å². The number of nitrogens with zero attached hydrogens (tertiary/aromatic N) is 2. The molecule has 0 aliphatic rings. The molecule has 11 rings (SSSR count). The second-order valence-corrected chi connectivity index (χ2v) is 14.2. The highest BCUT2D eigenvalue weighted by Gasteiger charge is 2.17. The van der Waals surface area contributed by atoms with E-state index >= 15 is 0 Å². The van der Waals surface area contributed by atoms with Gasteiger partial charge in [0, 0.05) is 44.3 Å². The molecular formula is C52H34N2O. The highest BCUT2D eigenvalue weighted by atomic mass is 16.3. The standard InChI is InChI=1S/C52H34N2O/c1-2-15-43-36(11-1)12-9-19-44(43)37-25-30-40(31-26-37)53(39-28-23-35(24-29-39)38-27-32-48-47-18-5-8-22-51(47)55-52(48)33-38)41-13-10-14-42(34-41)54-49-20-6-3-16-45(49)46-17-4-7-21-50(46)54/h1-34H. The highest BCUT2D eigenvalue weighted by Crippen LogP contribution is 2.40. The SMILES string of the molecule is c1cc(N(c2ccc(-c3ccc4c(c3)oc3ccccc34)cc2)c2ccc(-c3cccc4ccccc34)cc2)cc(-n2c3ccccc3c3ccccc32)c1. The molecule has 258 valence electrons. The molecule has 9 aromatic carbocycles. The lowest BCUT2D eigenvalue weighted by atomic mass is 9.98. The normalized spacial score (nSPS) is 11.6. The summed E-state index contributed by atoms with van der Waals surface area (Å²) in [5.41, 5.74) is 13.2. The van der Waals surface area contributed by atoms with Crippen LogP contribution >= 0.6 is 0 Å². The number of fused-ring (bicyclic) bond motifs is 7. The van der Waals surface area contributed by atoms with Crippen molar-refractivity contribution in [3.63, 3.8) is 0 Å². The second-order valence-electron chi connectivity index (χ2n) is 14.2. The number of benzene rings is 9. The minimum absolute atomic E-state index is 0.901. The van der Waals surface area contributed by atoms with Crippen LogP contribution in [0.2, 0.25) is 0 Å². The zero-order valence-electron chi connectivity index (χ0n) is 29.9. The van der Waals surface area contributed by atoms with Crippen molar-refractivity contribution >= 4 is 71.6 Å². The Kier molecular flexibility index (Phi) is 7.17. The zero-order valence-corrected chi connectivity index (χ0v) is 29.9. The van der Waals surface area contributed by atoms with Gasteiger partial charge in [-0.1, -0.05) is 133 Å². The Morgan fingerprint density at radius 2 is 0.909 bits per heavy atom. The molecule has 0 radical (unpaired) electrons. The Balaban J connectivity index is 1.03. The van der Waals surface area contributed by atoms with Crippen LogP contribution in [0.5, 0.6) is 0 Å². The van der Waals surface area contributed by atoms with Crippen LogP contribution < -0.4 is 4.90 Å². The average Bonchev–Trinajstić information content (AvgIpc) is 3.80. The van der Waals surface area contributed by atoms with Crippen molar-refractivity contribution < 1.29 is 4.42 Å². The minimum Gasteiger partial charge on any atom is -0.456 e. The Bertz CT molecular complexity index is 3150. The Hall–Kier alpha value is -7.36. The van der Waals surface area contributed by atoms with E-state index in [0.29, 0.717) is 0 Å². The van der Waals surface area contributed by atoms with E-state index in [1.165, 1.54) is 43.7 Å². The summed E-state index contributed by atoms with van der Waals surface area (Å²) < 4.78 is 8.62. The van der Waals surface area contributed by atoms with Crippen LogP contribution in [0, 0.1) is 0 Å². The van der Waals surface area contributed by atoms with E-state index < -0.39 is 0 Å². The van der Waals surface area contributed by atoms with Gasteiger partial charge in [0.2, 0.25) is 0 Å². The first-order valence-corrected chi connectivity index (χ1v) is 18.8. The van der Waals surface area contributed by atoms with E-state index in [2.05, 4.69) is 204 Å². The van der Waals surface area contributed by atoms with Gasteiger partial charge in [0.1, 0.15) is 11.2 Å². The molecule has 0 unspecified atom stereocenters. The molecule has 0 aliphatic heterocycles. The molecule has 0 saturated heterocycles. The van der Waals surface area contributed by atoms with E-state index in [9.17, 15) is 0 Å². The lowest BCUT2D eigenvalue weighted by Crippen LogP contribution is -2.10. The molecule has 0 bridgehead atoms. The van der Waals surface area contributed by atoms with Gasteiger partial charge in [-0.3, -0.25) is 0 Å². The molecule has 0 spiro atoms. The number of hydrogen-bond donors (Lipinski definition) is 0. The molecule has 2 heterocycles. The van der Waals surface area contributed by atoms with Crippen LogP contribution in [0.4, 0.5) is 17.1 Å². The summed E-state index contributed by atoms with van der Waals surface area (Å²) in [7, 11) is 0. The van der Waals surface area contributed by atoms with Gasteiger partial charge in [0.25, 0.3) is 0 Å². The summed E-state index contributed by atoms with van der Waals surface area (Å²) in [5.74, 6) is 0. The number of anilines is 3.